The van der Waals surface area contributed by atoms with Gasteiger partial charge in [0.25, 0.3) is 0 Å². The van der Waals surface area contributed by atoms with Crippen LogP contribution in [0.15, 0.2) is 48.0 Å². The molecular weight excluding hydrogens is 336 g/mol. The Bertz CT molecular complexity index is 1060. The monoisotopic (exact) mass is 350 g/mol. The van der Waals surface area contributed by atoms with Gasteiger partial charge in [-0.25, -0.2) is 14.8 Å². The van der Waals surface area contributed by atoms with Gasteiger partial charge in [0, 0.05) is 6.20 Å². The number of ether oxygens (including phenoxy) is 1. The van der Waals surface area contributed by atoms with E-state index >= 15 is 0 Å². The van der Waals surface area contributed by atoms with E-state index in [-0.39, 0.29) is 0 Å². The summed E-state index contributed by atoms with van der Waals surface area (Å²) in [5.74, 6) is 0.237. The van der Waals surface area contributed by atoms with Gasteiger partial charge in [0.1, 0.15) is 0 Å². The van der Waals surface area contributed by atoms with Crippen molar-refractivity contribution in [3.63, 3.8) is 0 Å². The Morgan fingerprint density at radius 3 is 2.80 bits per heavy atom. The lowest BCUT2D eigenvalue weighted by molar-refractivity contribution is 0.0603. The molecule has 4 rings (SSSR count). The number of aromatic nitrogens is 4. The predicted molar refractivity (Wildman–Crippen MR) is 96.0 cm³/mol. The highest BCUT2D eigenvalue weighted by molar-refractivity contribution is 7.13. The molecule has 0 radical (unpaired) electrons. The third-order valence-electron chi connectivity index (χ3n) is 3.86. The molecule has 0 aliphatic heterocycles. The highest BCUT2D eigenvalue weighted by Gasteiger charge is 2.21. The van der Waals surface area contributed by atoms with E-state index in [9.17, 15) is 4.79 Å². The Morgan fingerprint density at radius 2 is 2.12 bits per heavy atom. The molecule has 0 fully saturated rings. The molecule has 7 heteroatoms. The van der Waals surface area contributed by atoms with Crippen LogP contribution in [0.3, 0.4) is 0 Å². The van der Waals surface area contributed by atoms with E-state index in [4.69, 9.17) is 9.72 Å². The number of thiophene rings is 1. The topological polar surface area (TPSA) is 69.9 Å². The zero-order valence-electron chi connectivity index (χ0n) is 13.6. The summed E-state index contributed by atoms with van der Waals surface area (Å²) < 4.78 is 6.63. The normalized spacial score (nSPS) is 11.0. The van der Waals surface area contributed by atoms with Crippen molar-refractivity contribution < 1.29 is 9.53 Å². The number of rotatable bonds is 3. The van der Waals surface area contributed by atoms with Crippen molar-refractivity contribution in [2.24, 2.45) is 0 Å². The lowest BCUT2D eigenvalue weighted by Crippen LogP contribution is -2.05. The number of hydrogen-bond donors (Lipinski definition) is 0. The number of aryl methyl sites for hydroxylation is 1. The minimum Gasteiger partial charge on any atom is -0.465 e. The predicted octanol–water partition coefficient (Wildman–Crippen LogP) is 3.64. The van der Waals surface area contributed by atoms with Gasteiger partial charge in [-0.3, -0.25) is 0 Å². The molecule has 0 atom stereocenters. The highest BCUT2D eigenvalue weighted by atomic mass is 32.1. The Hall–Kier alpha value is -3.06. The SMILES string of the molecule is COC(=O)c1cc(-c2cccs2)nc2c1c(C)nn2-c1ccccn1. The zero-order valence-corrected chi connectivity index (χ0v) is 14.4. The van der Waals surface area contributed by atoms with Crippen LogP contribution in [0.1, 0.15) is 16.1 Å². The van der Waals surface area contributed by atoms with E-state index in [1.54, 1.807) is 28.3 Å². The maximum Gasteiger partial charge on any atom is 0.338 e. The number of carbonyl (C=O) groups is 1. The second-order valence-corrected chi connectivity index (χ2v) is 6.36. The summed E-state index contributed by atoms with van der Waals surface area (Å²) in [6.07, 6.45) is 1.70. The second-order valence-electron chi connectivity index (χ2n) is 5.41. The molecule has 6 nitrogen and oxygen atoms in total. The Morgan fingerprint density at radius 1 is 1.24 bits per heavy atom. The van der Waals surface area contributed by atoms with E-state index in [1.165, 1.54) is 7.11 Å². The average molecular weight is 350 g/mol. The van der Waals surface area contributed by atoms with Gasteiger partial charge in [-0.15, -0.1) is 11.3 Å². The van der Waals surface area contributed by atoms with Gasteiger partial charge in [0.05, 0.1) is 34.3 Å². The number of nitrogens with zero attached hydrogens (tertiary/aromatic N) is 4. The molecule has 0 amide bonds. The first-order valence-corrected chi connectivity index (χ1v) is 8.51. The fourth-order valence-electron chi connectivity index (χ4n) is 2.75. The Labute approximate surface area is 147 Å². The average Bonchev–Trinajstić information content (AvgIpc) is 3.29. The largest absolute Gasteiger partial charge is 0.465 e. The van der Waals surface area contributed by atoms with Crippen LogP contribution in [0.2, 0.25) is 0 Å². The summed E-state index contributed by atoms with van der Waals surface area (Å²) >= 11 is 1.56. The molecule has 0 saturated carbocycles. The van der Waals surface area contributed by atoms with E-state index in [0.717, 1.165) is 4.88 Å². The van der Waals surface area contributed by atoms with Crippen molar-refractivity contribution in [2.45, 2.75) is 6.92 Å². The minimum absolute atomic E-state index is 0.408. The number of carbonyl (C=O) groups excluding carboxylic acids is 1. The van der Waals surface area contributed by atoms with Crippen LogP contribution in [-0.2, 0) is 4.74 Å². The molecule has 124 valence electrons. The molecule has 0 spiro atoms. The number of hydrogen-bond acceptors (Lipinski definition) is 6. The summed E-state index contributed by atoms with van der Waals surface area (Å²) in [5, 5.41) is 7.20. The fourth-order valence-corrected chi connectivity index (χ4v) is 3.44. The molecule has 4 heterocycles. The molecule has 0 aliphatic rings. The molecule has 0 bridgehead atoms. The lowest BCUT2D eigenvalue weighted by Gasteiger charge is -2.06. The third-order valence-corrected chi connectivity index (χ3v) is 4.75. The second kappa shape index (κ2) is 6.10. The van der Waals surface area contributed by atoms with Gasteiger partial charge < -0.3 is 4.74 Å². The fraction of sp³-hybridized carbons (Fsp3) is 0.111. The van der Waals surface area contributed by atoms with Crippen LogP contribution < -0.4 is 0 Å². The summed E-state index contributed by atoms with van der Waals surface area (Å²) in [4.78, 5) is 22.4. The van der Waals surface area contributed by atoms with Crippen LogP contribution >= 0.6 is 11.3 Å². The first-order chi connectivity index (χ1) is 12.2. The van der Waals surface area contributed by atoms with Crippen LogP contribution in [0.25, 0.3) is 27.4 Å². The van der Waals surface area contributed by atoms with Crippen molar-refractivity contribution >= 4 is 28.3 Å². The highest BCUT2D eigenvalue weighted by Crippen LogP contribution is 2.30. The molecule has 0 unspecified atom stereocenters. The Kier molecular flexibility index (Phi) is 3.77. The van der Waals surface area contributed by atoms with Gasteiger partial charge in [-0.1, -0.05) is 12.1 Å². The van der Waals surface area contributed by atoms with E-state index in [1.807, 2.05) is 42.6 Å². The van der Waals surface area contributed by atoms with Crippen LogP contribution in [0.4, 0.5) is 0 Å². The Balaban J connectivity index is 2.07. The molecule has 0 N–H and O–H groups in total. The minimum atomic E-state index is -0.408. The molecule has 4 aromatic rings. The lowest BCUT2D eigenvalue weighted by atomic mass is 10.1. The first kappa shape index (κ1) is 15.5. The smallest absolute Gasteiger partial charge is 0.338 e. The number of fused-ring (bicyclic) bond motifs is 1. The number of pyridine rings is 2. The standard InChI is InChI=1S/C18H14N4O2S/c1-11-16-12(18(23)24-2)10-13(14-6-5-9-25-14)20-17(16)22(21-11)15-7-3-4-8-19-15/h3-10H,1-2H3. The van der Waals surface area contributed by atoms with Crippen molar-refractivity contribution in [1.29, 1.82) is 0 Å². The van der Waals surface area contributed by atoms with Crippen molar-refractivity contribution in [2.75, 3.05) is 7.11 Å². The quantitative estimate of drug-likeness (QED) is 0.528. The van der Waals surface area contributed by atoms with Crippen LogP contribution in [-0.4, -0.2) is 32.8 Å². The van der Waals surface area contributed by atoms with E-state index in [2.05, 4.69) is 10.1 Å². The molecule has 0 aromatic carbocycles. The summed E-state index contributed by atoms with van der Waals surface area (Å²) in [6, 6.07) is 11.3. The van der Waals surface area contributed by atoms with Crippen molar-refractivity contribution in [3.05, 3.63) is 59.2 Å². The third kappa shape index (κ3) is 2.58. The molecule has 25 heavy (non-hydrogen) atoms. The maximum atomic E-state index is 12.3. The maximum absolute atomic E-state index is 12.3. The number of methoxy groups -OCH3 is 1. The zero-order chi connectivity index (χ0) is 17.4. The van der Waals surface area contributed by atoms with Crippen LogP contribution in [0, 0.1) is 6.92 Å². The van der Waals surface area contributed by atoms with Gasteiger partial charge >= 0.3 is 5.97 Å². The van der Waals surface area contributed by atoms with Crippen LogP contribution in [0.5, 0.6) is 0 Å². The number of esters is 1. The molecule has 0 aliphatic carbocycles. The van der Waals surface area contributed by atoms with Gasteiger partial charge in [0.15, 0.2) is 11.5 Å². The first-order valence-electron chi connectivity index (χ1n) is 7.63. The molecular formula is C18H14N4O2S. The summed E-state index contributed by atoms with van der Waals surface area (Å²) in [7, 11) is 1.37. The summed E-state index contributed by atoms with van der Waals surface area (Å²) in [5.41, 5.74) is 2.45. The van der Waals surface area contributed by atoms with E-state index < -0.39 is 5.97 Å². The van der Waals surface area contributed by atoms with Crippen molar-refractivity contribution in [3.8, 4) is 16.4 Å². The molecule has 4 aromatic heterocycles. The van der Waals surface area contributed by atoms with Gasteiger partial charge in [-0.2, -0.15) is 9.78 Å². The van der Waals surface area contributed by atoms with Gasteiger partial charge in [-0.05, 0) is 36.6 Å². The molecule has 0 saturated heterocycles. The summed E-state index contributed by atoms with van der Waals surface area (Å²) in [6.45, 7) is 1.85. The van der Waals surface area contributed by atoms with Gasteiger partial charge in [0.2, 0.25) is 0 Å². The van der Waals surface area contributed by atoms with E-state index in [0.29, 0.717) is 33.8 Å². The van der Waals surface area contributed by atoms with Crippen molar-refractivity contribution in [1.82, 2.24) is 19.7 Å².